The quantitative estimate of drug-likeness (QED) is 0.614. The van der Waals surface area contributed by atoms with E-state index in [1.54, 1.807) is 24.3 Å². The number of rotatable bonds is 5. The zero-order chi connectivity index (χ0) is 16.3. The highest BCUT2D eigenvalue weighted by Crippen LogP contribution is 2.30. The van der Waals surface area contributed by atoms with Crippen molar-refractivity contribution in [1.29, 1.82) is 0 Å². The van der Waals surface area contributed by atoms with Crippen LogP contribution in [0.5, 0.6) is 0 Å². The van der Waals surface area contributed by atoms with Gasteiger partial charge in [0.2, 0.25) is 0 Å². The second-order valence-electron chi connectivity index (χ2n) is 5.01. The number of non-ortho nitro benzene ring substituents is 2. The van der Waals surface area contributed by atoms with E-state index in [-0.39, 0.29) is 17.4 Å². The molecular weight excluding hydrogens is 286 g/mol. The molecule has 0 fully saturated rings. The number of hydrogen-bond donors (Lipinski definition) is 0. The molecule has 2 aromatic carbocycles. The van der Waals surface area contributed by atoms with E-state index in [1.807, 2.05) is 18.7 Å². The van der Waals surface area contributed by atoms with Crippen molar-refractivity contribution in [3.8, 4) is 0 Å². The summed E-state index contributed by atoms with van der Waals surface area (Å²) in [6, 6.07) is 12.5. The third-order valence-electron chi connectivity index (χ3n) is 3.19. The summed E-state index contributed by atoms with van der Waals surface area (Å²) >= 11 is 0. The van der Waals surface area contributed by atoms with Crippen LogP contribution in [0.2, 0.25) is 0 Å². The SMILES string of the molecule is CC(C)N(c1ccc([N+](=O)[O-])cc1)c1ccc([N+](=O)[O-])cc1. The number of nitro groups is 2. The molecule has 22 heavy (non-hydrogen) atoms. The smallest absolute Gasteiger partial charge is 0.269 e. The van der Waals surface area contributed by atoms with Crippen LogP contribution in [0.3, 0.4) is 0 Å². The summed E-state index contributed by atoms with van der Waals surface area (Å²) in [5, 5.41) is 21.4. The highest BCUT2D eigenvalue weighted by Gasteiger charge is 2.16. The summed E-state index contributed by atoms with van der Waals surface area (Å²) in [6.45, 7) is 3.95. The summed E-state index contributed by atoms with van der Waals surface area (Å²) in [5.74, 6) is 0. The van der Waals surface area contributed by atoms with Crippen LogP contribution >= 0.6 is 0 Å². The molecule has 0 N–H and O–H groups in total. The Labute approximate surface area is 127 Å². The van der Waals surface area contributed by atoms with Crippen molar-refractivity contribution in [2.45, 2.75) is 19.9 Å². The Kier molecular flexibility index (Phi) is 4.36. The van der Waals surface area contributed by atoms with Gasteiger partial charge in [0.05, 0.1) is 9.85 Å². The molecular formula is C15H15N3O4. The Bertz CT molecular complexity index is 623. The molecule has 0 atom stereocenters. The lowest BCUT2D eigenvalue weighted by molar-refractivity contribution is -0.385. The van der Waals surface area contributed by atoms with Gasteiger partial charge in [-0.05, 0) is 38.1 Å². The van der Waals surface area contributed by atoms with Gasteiger partial charge in [-0.1, -0.05) is 0 Å². The lowest BCUT2D eigenvalue weighted by Crippen LogP contribution is -2.25. The molecule has 0 unspecified atom stereocenters. The first-order valence-electron chi connectivity index (χ1n) is 6.68. The molecule has 0 aliphatic rings. The fourth-order valence-corrected chi connectivity index (χ4v) is 2.22. The zero-order valence-electron chi connectivity index (χ0n) is 12.2. The van der Waals surface area contributed by atoms with Crippen LogP contribution in [0.1, 0.15) is 13.8 Å². The second-order valence-corrected chi connectivity index (χ2v) is 5.01. The molecule has 7 heteroatoms. The van der Waals surface area contributed by atoms with Crippen molar-refractivity contribution in [1.82, 2.24) is 0 Å². The van der Waals surface area contributed by atoms with Crippen molar-refractivity contribution in [3.05, 3.63) is 68.8 Å². The van der Waals surface area contributed by atoms with E-state index in [9.17, 15) is 20.2 Å². The predicted molar refractivity (Wildman–Crippen MR) is 83.5 cm³/mol. The topological polar surface area (TPSA) is 89.5 Å². The fourth-order valence-electron chi connectivity index (χ4n) is 2.22. The van der Waals surface area contributed by atoms with Gasteiger partial charge >= 0.3 is 0 Å². The number of anilines is 2. The Hall–Kier alpha value is -2.96. The maximum Gasteiger partial charge on any atom is 0.269 e. The minimum atomic E-state index is -0.449. The van der Waals surface area contributed by atoms with Crippen LogP contribution in [-0.2, 0) is 0 Å². The van der Waals surface area contributed by atoms with Gasteiger partial charge in [0, 0.05) is 41.7 Å². The van der Waals surface area contributed by atoms with E-state index in [2.05, 4.69) is 0 Å². The molecule has 0 saturated carbocycles. The number of benzene rings is 2. The van der Waals surface area contributed by atoms with Crippen molar-refractivity contribution in [2.75, 3.05) is 4.90 Å². The molecule has 2 rings (SSSR count). The molecule has 0 bridgehead atoms. The van der Waals surface area contributed by atoms with Crippen LogP contribution in [0.25, 0.3) is 0 Å². The first-order valence-corrected chi connectivity index (χ1v) is 6.68. The van der Waals surface area contributed by atoms with Gasteiger partial charge in [-0.25, -0.2) is 0 Å². The van der Waals surface area contributed by atoms with Crippen molar-refractivity contribution < 1.29 is 9.85 Å². The monoisotopic (exact) mass is 301 g/mol. The Morgan fingerprint density at radius 1 is 0.773 bits per heavy atom. The molecule has 2 aromatic rings. The zero-order valence-corrected chi connectivity index (χ0v) is 12.2. The molecule has 114 valence electrons. The maximum atomic E-state index is 10.7. The first kappa shape index (κ1) is 15.4. The first-order chi connectivity index (χ1) is 10.4. The van der Waals surface area contributed by atoms with Gasteiger partial charge in [0.15, 0.2) is 0 Å². The summed E-state index contributed by atoms with van der Waals surface area (Å²) in [6.07, 6.45) is 0. The van der Waals surface area contributed by atoms with Crippen LogP contribution in [0, 0.1) is 20.2 Å². The third kappa shape index (κ3) is 3.20. The van der Waals surface area contributed by atoms with E-state index >= 15 is 0 Å². The van der Waals surface area contributed by atoms with Crippen molar-refractivity contribution in [2.24, 2.45) is 0 Å². The van der Waals surface area contributed by atoms with E-state index < -0.39 is 9.85 Å². The van der Waals surface area contributed by atoms with Gasteiger partial charge in [0.25, 0.3) is 11.4 Å². The van der Waals surface area contributed by atoms with E-state index in [1.165, 1.54) is 24.3 Å². The average molecular weight is 301 g/mol. The molecule has 0 aromatic heterocycles. The molecule has 0 heterocycles. The molecule has 0 aliphatic carbocycles. The van der Waals surface area contributed by atoms with Crippen LogP contribution < -0.4 is 4.90 Å². The molecule has 0 aliphatic heterocycles. The van der Waals surface area contributed by atoms with Crippen LogP contribution in [0.4, 0.5) is 22.7 Å². The lowest BCUT2D eigenvalue weighted by atomic mass is 10.1. The van der Waals surface area contributed by atoms with Gasteiger partial charge in [-0.2, -0.15) is 0 Å². The minimum absolute atomic E-state index is 0.0242. The second kappa shape index (κ2) is 6.21. The van der Waals surface area contributed by atoms with Gasteiger partial charge in [-0.3, -0.25) is 20.2 Å². The summed E-state index contributed by atoms with van der Waals surface area (Å²) in [5.41, 5.74) is 1.62. The average Bonchev–Trinajstić information content (AvgIpc) is 2.48. The lowest BCUT2D eigenvalue weighted by Gasteiger charge is -2.29. The standard InChI is InChI=1S/C15H15N3O4/c1-11(2)16(12-3-7-14(8-4-12)17(19)20)13-5-9-15(10-6-13)18(21)22/h3-11H,1-2H3. The number of nitro benzene ring substituents is 2. The molecule has 0 amide bonds. The highest BCUT2D eigenvalue weighted by molar-refractivity contribution is 5.66. The van der Waals surface area contributed by atoms with Crippen molar-refractivity contribution in [3.63, 3.8) is 0 Å². The largest absolute Gasteiger partial charge is 0.339 e. The van der Waals surface area contributed by atoms with E-state index in [4.69, 9.17) is 0 Å². The number of nitrogens with zero attached hydrogens (tertiary/aromatic N) is 3. The summed E-state index contributed by atoms with van der Waals surface area (Å²) < 4.78 is 0. The molecule has 7 nitrogen and oxygen atoms in total. The normalized spacial score (nSPS) is 10.5. The van der Waals surface area contributed by atoms with Crippen LogP contribution in [-0.4, -0.2) is 15.9 Å². The highest BCUT2D eigenvalue weighted by atomic mass is 16.6. The van der Waals surface area contributed by atoms with E-state index in [0.717, 1.165) is 11.4 Å². The minimum Gasteiger partial charge on any atom is -0.339 e. The van der Waals surface area contributed by atoms with Gasteiger partial charge < -0.3 is 4.90 Å². The molecule has 0 radical (unpaired) electrons. The Morgan fingerprint density at radius 2 is 1.09 bits per heavy atom. The summed E-state index contributed by atoms with van der Waals surface area (Å²) in [4.78, 5) is 22.5. The Balaban J connectivity index is 2.37. The molecule has 0 saturated heterocycles. The van der Waals surface area contributed by atoms with Gasteiger partial charge in [0.1, 0.15) is 0 Å². The Morgan fingerprint density at radius 3 is 1.32 bits per heavy atom. The van der Waals surface area contributed by atoms with Gasteiger partial charge in [-0.15, -0.1) is 0 Å². The van der Waals surface area contributed by atoms with E-state index in [0.29, 0.717) is 0 Å². The summed E-state index contributed by atoms with van der Waals surface area (Å²) in [7, 11) is 0. The molecule has 0 spiro atoms. The fraction of sp³-hybridized carbons (Fsp3) is 0.200. The maximum absolute atomic E-state index is 10.7. The predicted octanol–water partition coefficient (Wildman–Crippen LogP) is 4.05. The van der Waals surface area contributed by atoms with Crippen molar-refractivity contribution >= 4 is 22.7 Å². The third-order valence-corrected chi connectivity index (χ3v) is 3.19. The van der Waals surface area contributed by atoms with Crippen LogP contribution in [0.15, 0.2) is 48.5 Å². The number of hydrogen-bond acceptors (Lipinski definition) is 5.